The molecule has 0 saturated heterocycles. The van der Waals surface area contributed by atoms with Crippen LogP contribution in [0.2, 0.25) is 0 Å². The summed E-state index contributed by atoms with van der Waals surface area (Å²) in [6.45, 7) is 7.25. The second kappa shape index (κ2) is 10.9. The fraction of sp³-hybridized carbons (Fsp3) is 0.444. The van der Waals surface area contributed by atoms with Crippen molar-refractivity contribution in [3.63, 3.8) is 0 Å². The quantitative estimate of drug-likeness (QED) is 0.356. The average molecular weight is 379 g/mol. The number of guanidine groups is 1. The van der Waals surface area contributed by atoms with Crippen LogP contribution < -0.4 is 16.0 Å². The first kappa shape index (κ1) is 19.5. The number of hydrogen-bond donors (Lipinski definition) is 3. The molecule has 25 heavy (non-hydrogen) atoms. The van der Waals surface area contributed by atoms with Crippen molar-refractivity contribution in [1.82, 2.24) is 16.0 Å². The van der Waals surface area contributed by atoms with Crippen LogP contribution in [0.5, 0.6) is 0 Å². The van der Waals surface area contributed by atoms with E-state index in [-0.39, 0.29) is 5.91 Å². The number of aliphatic imine (C=N–C) groups is 1. The lowest BCUT2D eigenvalue weighted by molar-refractivity contribution is 0.0957. The molecule has 0 bridgehead atoms. The Hall–Kier alpha value is -1.86. The van der Waals surface area contributed by atoms with Gasteiger partial charge in [0.1, 0.15) is 0 Å². The van der Waals surface area contributed by atoms with Gasteiger partial charge in [0.2, 0.25) is 0 Å². The number of amides is 1. The number of nitrogens with zero attached hydrogens (tertiary/aromatic N) is 1. The van der Waals surface area contributed by atoms with Gasteiger partial charge in [-0.05, 0) is 36.2 Å². The van der Waals surface area contributed by atoms with Gasteiger partial charge in [-0.2, -0.15) is 0 Å². The van der Waals surface area contributed by atoms with Crippen molar-refractivity contribution in [1.29, 1.82) is 0 Å². The van der Waals surface area contributed by atoms with E-state index >= 15 is 0 Å². The van der Waals surface area contributed by atoms with E-state index in [4.69, 9.17) is 0 Å². The number of carbonyl (C=O) groups is 1. The molecule has 3 N–H and O–H groups in total. The highest BCUT2D eigenvalue weighted by atomic mass is 32.1. The SMILES string of the molecule is CCNC(=NCC(C)c1cccs1)NCCCNC(=O)c1cccs1. The minimum absolute atomic E-state index is 0.000321. The Morgan fingerprint density at radius 2 is 1.88 bits per heavy atom. The molecule has 0 saturated carbocycles. The van der Waals surface area contributed by atoms with Gasteiger partial charge >= 0.3 is 0 Å². The largest absolute Gasteiger partial charge is 0.357 e. The van der Waals surface area contributed by atoms with Crippen molar-refractivity contribution in [2.75, 3.05) is 26.2 Å². The van der Waals surface area contributed by atoms with Crippen molar-refractivity contribution in [3.8, 4) is 0 Å². The van der Waals surface area contributed by atoms with Crippen molar-refractivity contribution in [3.05, 3.63) is 44.8 Å². The summed E-state index contributed by atoms with van der Waals surface area (Å²) < 4.78 is 0. The highest BCUT2D eigenvalue weighted by Crippen LogP contribution is 2.20. The second-order valence-corrected chi connectivity index (χ2v) is 7.58. The summed E-state index contributed by atoms with van der Waals surface area (Å²) in [6, 6.07) is 7.95. The van der Waals surface area contributed by atoms with Gasteiger partial charge in [-0.1, -0.05) is 19.1 Å². The number of nitrogens with one attached hydrogen (secondary N) is 3. The molecule has 2 rings (SSSR count). The molecule has 0 fully saturated rings. The third-order valence-electron chi connectivity index (χ3n) is 3.57. The molecular formula is C18H26N4OS2. The van der Waals surface area contributed by atoms with E-state index in [9.17, 15) is 4.79 Å². The van der Waals surface area contributed by atoms with Gasteiger partial charge in [0.05, 0.1) is 11.4 Å². The molecule has 5 nitrogen and oxygen atoms in total. The smallest absolute Gasteiger partial charge is 0.261 e. The summed E-state index contributed by atoms with van der Waals surface area (Å²) >= 11 is 3.23. The molecule has 2 heterocycles. The number of thiophene rings is 2. The Kier molecular flexibility index (Phi) is 8.48. The van der Waals surface area contributed by atoms with Crippen molar-refractivity contribution in [2.45, 2.75) is 26.2 Å². The first-order chi connectivity index (χ1) is 12.2. The maximum atomic E-state index is 11.8. The summed E-state index contributed by atoms with van der Waals surface area (Å²) in [5.41, 5.74) is 0. The summed E-state index contributed by atoms with van der Waals surface area (Å²) in [5.74, 6) is 1.25. The van der Waals surface area contributed by atoms with Gasteiger partial charge in [0.25, 0.3) is 5.91 Å². The van der Waals surface area contributed by atoms with Gasteiger partial charge in [-0.25, -0.2) is 0 Å². The van der Waals surface area contributed by atoms with Gasteiger partial charge in [0.15, 0.2) is 5.96 Å². The van der Waals surface area contributed by atoms with Crippen LogP contribution in [-0.4, -0.2) is 38.0 Å². The molecule has 0 aliphatic heterocycles. The van der Waals surface area contributed by atoms with Crippen LogP contribution in [0.1, 0.15) is 40.7 Å². The van der Waals surface area contributed by atoms with Crippen molar-refractivity contribution < 1.29 is 4.79 Å². The highest BCUT2D eigenvalue weighted by Gasteiger charge is 2.07. The second-order valence-electron chi connectivity index (χ2n) is 5.65. The standard InChI is InChI=1S/C18H26N4OS2/c1-3-19-18(22-13-14(2)15-7-4-11-24-15)21-10-6-9-20-17(23)16-8-5-12-25-16/h4-5,7-8,11-12,14H,3,6,9-10,13H2,1-2H3,(H,20,23)(H2,19,21,22). The van der Waals surface area contributed by atoms with Crippen LogP contribution in [0.4, 0.5) is 0 Å². The van der Waals surface area contributed by atoms with Crippen molar-refractivity contribution in [2.24, 2.45) is 4.99 Å². The molecule has 0 aromatic carbocycles. The van der Waals surface area contributed by atoms with E-state index in [1.807, 2.05) is 17.5 Å². The Balaban J connectivity index is 1.68. The Morgan fingerprint density at radius 3 is 2.56 bits per heavy atom. The number of hydrogen-bond acceptors (Lipinski definition) is 4. The fourth-order valence-corrected chi connectivity index (χ4v) is 3.64. The third-order valence-corrected chi connectivity index (χ3v) is 5.55. The van der Waals surface area contributed by atoms with Gasteiger partial charge in [-0.3, -0.25) is 9.79 Å². The zero-order valence-electron chi connectivity index (χ0n) is 14.7. The summed E-state index contributed by atoms with van der Waals surface area (Å²) in [6.07, 6.45) is 0.849. The normalized spacial score (nSPS) is 12.6. The summed E-state index contributed by atoms with van der Waals surface area (Å²) in [5, 5.41) is 13.5. The molecule has 7 heteroatoms. The number of carbonyl (C=O) groups excluding carboxylic acids is 1. The molecule has 1 amide bonds. The van der Waals surface area contributed by atoms with Crippen LogP contribution in [0.15, 0.2) is 40.0 Å². The number of rotatable bonds is 9. The van der Waals surface area contributed by atoms with Gasteiger partial charge in [-0.15, -0.1) is 22.7 Å². The summed E-state index contributed by atoms with van der Waals surface area (Å²) in [4.78, 5) is 18.6. The van der Waals surface area contributed by atoms with Crippen LogP contribution >= 0.6 is 22.7 Å². The molecule has 2 aromatic rings. The Labute approximate surface area is 157 Å². The molecule has 0 radical (unpaired) electrons. The van der Waals surface area contributed by atoms with Crippen molar-refractivity contribution >= 4 is 34.5 Å². The monoisotopic (exact) mass is 378 g/mol. The first-order valence-electron chi connectivity index (χ1n) is 8.58. The predicted octanol–water partition coefficient (Wildman–Crippen LogP) is 3.29. The van der Waals surface area contributed by atoms with E-state index in [2.05, 4.69) is 52.3 Å². The zero-order chi connectivity index (χ0) is 17.9. The van der Waals surface area contributed by atoms with E-state index in [0.29, 0.717) is 12.5 Å². The zero-order valence-corrected chi connectivity index (χ0v) is 16.4. The lowest BCUT2D eigenvalue weighted by atomic mass is 10.1. The Bertz CT molecular complexity index is 638. The molecule has 1 atom stereocenters. The highest BCUT2D eigenvalue weighted by molar-refractivity contribution is 7.12. The Morgan fingerprint density at radius 1 is 1.12 bits per heavy atom. The minimum Gasteiger partial charge on any atom is -0.357 e. The van der Waals surface area contributed by atoms with E-state index in [1.165, 1.54) is 16.2 Å². The molecule has 1 unspecified atom stereocenters. The lowest BCUT2D eigenvalue weighted by Crippen LogP contribution is -2.39. The third kappa shape index (κ3) is 6.88. The fourth-order valence-electron chi connectivity index (χ4n) is 2.22. The molecule has 0 spiro atoms. The predicted molar refractivity (Wildman–Crippen MR) is 108 cm³/mol. The van der Waals surface area contributed by atoms with E-state index in [1.54, 1.807) is 11.3 Å². The maximum Gasteiger partial charge on any atom is 0.261 e. The van der Waals surface area contributed by atoms with Crippen LogP contribution in [0.25, 0.3) is 0 Å². The van der Waals surface area contributed by atoms with Crippen LogP contribution in [-0.2, 0) is 0 Å². The summed E-state index contributed by atoms with van der Waals surface area (Å²) in [7, 11) is 0. The molecule has 2 aromatic heterocycles. The first-order valence-corrected chi connectivity index (χ1v) is 10.3. The van der Waals surface area contributed by atoms with E-state index < -0.39 is 0 Å². The molecule has 0 aliphatic carbocycles. The van der Waals surface area contributed by atoms with Gasteiger partial charge < -0.3 is 16.0 Å². The molecular weight excluding hydrogens is 352 g/mol. The van der Waals surface area contributed by atoms with E-state index in [0.717, 1.165) is 36.9 Å². The van der Waals surface area contributed by atoms with Crippen LogP contribution in [0, 0.1) is 0 Å². The lowest BCUT2D eigenvalue weighted by Gasteiger charge is -2.13. The topological polar surface area (TPSA) is 65.5 Å². The van der Waals surface area contributed by atoms with Crippen LogP contribution in [0.3, 0.4) is 0 Å². The average Bonchev–Trinajstić information content (AvgIpc) is 3.32. The maximum absolute atomic E-state index is 11.8. The molecule has 0 aliphatic rings. The molecule has 136 valence electrons. The minimum atomic E-state index is 0.000321. The van der Waals surface area contributed by atoms with Gasteiger partial charge in [0, 0.05) is 30.4 Å².